The van der Waals surface area contributed by atoms with Gasteiger partial charge in [-0.3, -0.25) is 0 Å². The number of rotatable bonds is 5. The number of esters is 1. The van der Waals surface area contributed by atoms with Crippen LogP contribution in [0.15, 0.2) is 60.7 Å². The lowest BCUT2D eigenvalue weighted by atomic mass is 10.1. The zero-order valence-electron chi connectivity index (χ0n) is 17.6. The number of nitrogens with zero attached hydrogens (tertiary/aromatic N) is 1. The van der Waals surface area contributed by atoms with Crippen molar-refractivity contribution >= 4 is 45.3 Å². The van der Waals surface area contributed by atoms with Crippen molar-refractivity contribution in [3.63, 3.8) is 0 Å². The standard InChI is InChI=1S/C25H26N2O2S2/c1-29-24(28)22-20-15-9-4-10-16-21(20)31-23(22)26-25(30)27(19-13-7-3-8-14-19)17-18-11-5-2-6-12-18/h2-3,5-8,11-14H,4,9-10,15-17H2,1H3,(H,26,30). The summed E-state index contributed by atoms with van der Waals surface area (Å²) in [5.41, 5.74) is 3.95. The van der Waals surface area contributed by atoms with Crippen LogP contribution in [0.25, 0.3) is 0 Å². The van der Waals surface area contributed by atoms with Crippen LogP contribution in [0.2, 0.25) is 0 Å². The highest BCUT2D eigenvalue weighted by molar-refractivity contribution is 7.80. The third-order valence-electron chi connectivity index (χ3n) is 5.53. The lowest BCUT2D eigenvalue weighted by molar-refractivity contribution is 0.0601. The second kappa shape index (κ2) is 10.1. The first-order valence-corrected chi connectivity index (χ1v) is 11.8. The fraction of sp³-hybridized carbons (Fsp3) is 0.280. The summed E-state index contributed by atoms with van der Waals surface area (Å²) in [6.45, 7) is 0.634. The Kier molecular flexibility index (Phi) is 6.99. The number of aryl methyl sites for hydroxylation is 1. The summed E-state index contributed by atoms with van der Waals surface area (Å²) < 4.78 is 5.14. The van der Waals surface area contributed by atoms with Crippen molar-refractivity contribution in [3.8, 4) is 0 Å². The average Bonchev–Trinajstić information content (AvgIpc) is 2.98. The van der Waals surface area contributed by atoms with E-state index in [1.54, 1.807) is 11.3 Å². The molecule has 0 atom stereocenters. The Bertz CT molecular complexity index is 1050. The molecule has 1 aliphatic rings. The van der Waals surface area contributed by atoms with E-state index < -0.39 is 0 Å². The van der Waals surface area contributed by atoms with Gasteiger partial charge in [-0.2, -0.15) is 0 Å². The maximum Gasteiger partial charge on any atom is 0.341 e. The Labute approximate surface area is 192 Å². The minimum atomic E-state index is -0.293. The summed E-state index contributed by atoms with van der Waals surface area (Å²) in [5.74, 6) is -0.293. The predicted octanol–water partition coefficient (Wildman–Crippen LogP) is 6.21. The fourth-order valence-corrected chi connectivity index (χ4v) is 5.58. The molecule has 0 saturated carbocycles. The maximum atomic E-state index is 12.7. The number of hydrogen-bond acceptors (Lipinski definition) is 4. The van der Waals surface area contributed by atoms with Crippen LogP contribution in [0, 0.1) is 0 Å². The van der Waals surface area contributed by atoms with Gasteiger partial charge in [0, 0.05) is 10.6 Å². The zero-order valence-corrected chi connectivity index (χ0v) is 19.2. The van der Waals surface area contributed by atoms with Crippen molar-refractivity contribution in [2.45, 2.75) is 38.6 Å². The quantitative estimate of drug-likeness (QED) is 0.284. The highest BCUT2D eigenvalue weighted by atomic mass is 32.1. The normalized spacial score (nSPS) is 13.1. The number of benzene rings is 2. The third kappa shape index (κ3) is 4.97. The molecule has 160 valence electrons. The van der Waals surface area contributed by atoms with Crippen molar-refractivity contribution in [2.24, 2.45) is 0 Å². The molecule has 31 heavy (non-hydrogen) atoms. The maximum absolute atomic E-state index is 12.7. The van der Waals surface area contributed by atoms with E-state index in [0.29, 0.717) is 17.2 Å². The number of methoxy groups -OCH3 is 1. The summed E-state index contributed by atoms with van der Waals surface area (Å²) in [7, 11) is 1.44. The molecule has 0 spiro atoms. The molecule has 0 aliphatic heterocycles. The van der Waals surface area contributed by atoms with E-state index in [1.165, 1.54) is 18.4 Å². The fourth-order valence-electron chi connectivity index (χ4n) is 3.97. The van der Waals surface area contributed by atoms with Crippen molar-refractivity contribution in [2.75, 3.05) is 17.3 Å². The minimum Gasteiger partial charge on any atom is -0.465 e. The Morgan fingerprint density at radius 3 is 2.42 bits per heavy atom. The van der Waals surface area contributed by atoms with Crippen LogP contribution < -0.4 is 10.2 Å². The molecular weight excluding hydrogens is 424 g/mol. The van der Waals surface area contributed by atoms with Gasteiger partial charge < -0.3 is 15.0 Å². The van der Waals surface area contributed by atoms with E-state index in [2.05, 4.69) is 22.3 Å². The van der Waals surface area contributed by atoms with Gasteiger partial charge in [-0.1, -0.05) is 55.0 Å². The van der Waals surface area contributed by atoms with Crippen molar-refractivity contribution in [1.29, 1.82) is 0 Å². The van der Waals surface area contributed by atoms with Crippen molar-refractivity contribution in [3.05, 3.63) is 82.2 Å². The second-order valence-corrected chi connectivity index (χ2v) is 9.09. The van der Waals surface area contributed by atoms with E-state index in [9.17, 15) is 4.79 Å². The molecule has 0 amide bonds. The SMILES string of the molecule is COC(=O)c1c(NC(=S)N(Cc2ccccc2)c2ccccc2)sc2c1CCCCC2. The number of carbonyl (C=O) groups is 1. The van der Waals surface area contributed by atoms with Crippen LogP contribution in [0.5, 0.6) is 0 Å². The molecule has 1 aromatic heterocycles. The van der Waals surface area contributed by atoms with Gasteiger partial charge in [0.1, 0.15) is 5.00 Å². The monoisotopic (exact) mass is 450 g/mol. The van der Waals surface area contributed by atoms with Gasteiger partial charge in [0.25, 0.3) is 0 Å². The number of para-hydroxylation sites is 1. The Balaban J connectivity index is 1.66. The first-order chi connectivity index (χ1) is 15.2. The topological polar surface area (TPSA) is 41.6 Å². The molecule has 2 aromatic carbocycles. The second-order valence-electron chi connectivity index (χ2n) is 7.60. The highest BCUT2D eigenvalue weighted by Gasteiger charge is 2.26. The number of anilines is 2. The van der Waals surface area contributed by atoms with Gasteiger partial charge >= 0.3 is 5.97 Å². The Hall–Kier alpha value is -2.70. The molecule has 0 fully saturated rings. The zero-order chi connectivity index (χ0) is 21.6. The molecule has 4 rings (SSSR count). The molecule has 4 nitrogen and oxygen atoms in total. The lowest BCUT2D eigenvalue weighted by Crippen LogP contribution is -2.34. The number of fused-ring (bicyclic) bond motifs is 1. The van der Waals surface area contributed by atoms with E-state index in [-0.39, 0.29) is 5.97 Å². The smallest absolute Gasteiger partial charge is 0.341 e. The van der Waals surface area contributed by atoms with Gasteiger partial charge in [0.05, 0.1) is 19.2 Å². The molecule has 0 saturated heterocycles. The van der Waals surface area contributed by atoms with E-state index in [1.807, 2.05) is 48.5 Å². The molecule has 0 bridgehead atoms. The van der Waals surface area contributed by atoms with E-state index in [0.717, 1.165) is 47.5 Å². The van der Waals surface area contributed by atoms with Gasteiger partial charge in [0.2, 0.25) is 0 Å². The molecule has 6 heteroatoms. The first kappa shape index (κ1) is 21.5. The van der Waals surface area contributed by atoms with Crippen LogP contribution in [-0.2, 0) is 24.1 Å². The molecule has 3 aromatic rings. The minimum absolute atomic E-state index is 0.293. The van der Waals surface area contributed by atoms with Crippen LogP contribution in [-0.4, -0.2) is 18.2 Å². The number of carbonyl (C=O) groups excluding carboxylic acids is 1. The van der Waals surface area contributed by atoms with Crippen LogP contribution in [0.3, 0.4) is 0 Å². The molecule has 0 radical (unpaired) electrons. The largest absolute Gasteiger partial charge is 0.465 e. The van der Waals surface area contributed by atoms with Gasteiger partial charge in [0.15, 0.2) is 5.11 Å². The number of nitrogens with one attached hydrogen (secondary N) is 1. The van der Waals surface area contributed by atoms with Crippen molar-refractivity contribution in [1.82, 2.24) is 0 Å². The summed E-state index contributed by atoms with van der Waals surface area (Å²) in [4.78, 5) is 16.0. The van der Waals surface area contributed by atoms with Gasteiger partial charge in [-0.25, -0.2) is 4.79 Å². The number of ether oxygens (including phenoxy) is 1. The van der Waals surface area contributed by atoms with Gasteiger partial charge in [-0.15, -0.1) is 11.3 Å². The van der Waals surface area contributed by atoms with Crippen LogP contribution in [0.1, 0.15) is 45.6 Å². The van der Waals surface area contributed by atoms with E-state index >= 15 is 0 Å². The Morgan fingerprint density at radius 2 is 1.71 bits per heavy atom. The first-order valence-electron chi connectivity index (χ1n) is 10.6. The summed E-state index contributed by atoms with van der Waals surface area (Å²) >= 11 is 7.50. The number of thiophene rings is 1. The highest BCUT2D eigenvalue weighted by Crippen LogP contribution is 2.38. The molecular formula is C25H26N2O2S2. The van der Waals surface area contributed by atoms with Crippen LogP contribution in [0.4, 0.5) is 10.7 Å². The number of hydrogen-bond donors (Lipinski definition) is 1. The molecule has 1 aliphatic carbocycles. The lowest BCUT2D eigenvalue weighted by Gasteiger charge is -2.26. The predicted molar refractivity (Wildman–Crippen MR) is 132 cm³/mol. The van der Waals surface area contributed by atoms with E-state index in [4.69, 9.17) is 17.0 Å². The van der Waals surface area contributed by atoms with Gasteiger partial charge in [-0.05, 0) is 61.2 Å². The summed E-state index contributed by atoms with van der Waals surface area (Å²) in [6.07, 6.45) is 5.37. The molecule has 0 unspecified atom stereocenters. The van der Waals surface area contributed by atoms with Crippen LogP contribution >= 0.6 is 23.6 Å². The summed E-state index contributed by atoms with van der Waals surface area (Å²) in [5, 5.41) is 4.75. The third-order valence-corrected chi connectivity index (χ3v) is 7.06. The molecule has 1 N–H and O–H groups in total. The Morgan fingerprint density at radius 1 is 1.03 bits per heavy atom. The number of thiocarbonyl (C=S) groups is 1. The summed E-state index contributed by atoms with van der Waals surface area (Å²) in [6, 6.07) is 20.3. The average molecular weight is 451 g/mol. The molecule has 1 heterocycles. The van der Waals surface area contributed by atoms with Crippen molar-refractivity contribution < 1.29 is 9.53 Å².